The molecule has 132 valence electrons. The van der Waals surface area contributed by atoms with Gasteiger partial charge in [-0.05, 0) is 0 Å². The molecule has 0 aromatic heterocycles. The molecule has 0 N–H and O–H groups in total. The Morgan fingerprint density at radius 2 is 1.68 bits per heavy atom. The monoisotopic (exact) mass is 406 g/mol. The van der Waals surface area contributed by atoms with Gasteiger partial charge >= 0.3 is 155 Å². The van der Waals surface area contributed by atoms with Crippen LogP contribution in [0.1, 0.15) is 22.8 Å². The minimum atomic E-state index is -0.0441. The van der Waals surface area contributed by atoms with E-state index in [9.17, 15) is 4.79 Å². The first-order valence-corrected chi connectivity index (χ1v) is 10.3. The number of methoxy groups -OCH3 is 3. The molecule has 0 saturated carbocycles. The number of rotatable bonds is 7. The van der Waals surface area contributed by atoms with Crippen LogP contribution in [0.4, 0.5) is 0 Å². The van der Waals surface area contributed by atoms with Crippen LogP contribution in [-0.4, -0.2) is 42.1 Å². The molecule has 0 unspecified atom stereocenters. The molecular weight excluding hydrogens is 383 g/mol. The summed E-state index contributed by atoms with van der Waals surface area (Å²) in [5.41, 5.74) is 2.10. The standard InChI is InChI=1S/C20H22O4Se/c1-13(10-14-8-6-7-9-16(14)22-2)19(21)15-11-17(23-3)20(24-4)18(12-15)25-5/h6-12H,1-5H3/b13-10+. The summed E-state index contributed by atoms with van der Waals surface area (Å²) in [6.45, 7) is 1.81. The van der Waals surface area contributed by atoms with E-state index >= 15 is 0 Å². The molecule has 0 aliphatic heterocycles. The third-order valence-electron chi connectivity index (χ3n) is 3.80. The molecule has 0 aliphatic carbocycles. The van der Waals surface area contributed by atoms with Crippen molar-refractivity contribution in [1.82, 2.24) is 0 Å². The van der Waals surface area contributed by atoms with Crippen molar-refractivity contribution in [3.63, 3.8) is 0 Å². The molecule has 0 spiro atoms. The van der Waals surface area contributed by atoms with E-state index in [1.165, 1.54) is 0 Å². The molecule has 2 aromatic carbocycles. The Labute approximate surface area is 155 Å². The number of benzene rings is 2. The molecule has 0 amide bonds. The van der Waals surface area contributed by atoms with Crippen LogP contribution in [0, 0.1) is 0 Å². The van der Waals surface area contributed by atoms with E-state index in [2.05, 4.69) is 5.82 Å². The molecule has 25 heavy (non-hydrogen) atoms. The van der Waals surface area contributed by atoms with E-state index in [4.69, 9.17) is 14.2 Å². The minimum absolute atomic E-state index is 0.0441. The van der Waals surface area contributed by atoms with Gasteiger partial charge in [-0.15, -0.1) is 0 Å². The number of para-hydroxylation sites is 1. The molecule has 0 atom stereocenters. The molecule has 0 aliphatic rings. The van der Waals surface area contributed by atoms with Crippen molar-refractivity contribution in [3.05, 3.63) is 53.1 Å². The van der Waals surface area contributed by atoms with Gasteiger partial charge in [0.15, 0.2) is 0 Å². The Balaban J connectivity index is 2.44. The topological polar surface area (TPSA) is 44.8 Å². The first-order chi connectivity index (χ1) is 12.0. The number of ketones is 1. The molecule has 0 saturated heterocycles. The van der Waals surface area contributed by atoms with E-state index in [0.717, 1.165) is 15.8 Å². The molecule has 5 heteroatoms. The van der Waals surface area contributed by atoms with Gasteiger partial charge in [0, 0.05) is 0 Å². The van der Waals surface area contributed by atoms with E-state index < -0.39 is 0 Å². The number of Topliss-reactive ketones (excluding diaryl/α,β-unsaturated/α-hetero) is 1. The quantitative estimate of drug-likeness (QED) is 0.403. The normalized spacial score (nSPS) is 11.2. The summed E-state index contributed by atoms with van der Waals surface area (Å²) in [4.78, 5) is 12.9. The van der Waals surface area contributed by atoms with Crippen LogP contribution in [0.5, 0.6) is 17.2 Å². The number of ether oxygens (including phenoxy) is 3. The van der Waals surface area contributed by atoms with Crippen molar-refractivity contribution in [2.75, 3.05) is 21.3 Å². The van der Waals surface area contributed by atoms with Crippen molar-refractivity contribution >= 4 is 31.3 Å². The van der Waals surface area contributed by atoms with Gasteiger partial charge in [-0.2, -0.15) is 0 Å². The Morgan fingerprint density at radius 3 is 2.28 bits per heavy atom. The van der Waals surface area contributed by atoms with E-state index in [0.29, 0.717) is 22.6 Å². The number of allylic oxidation sites excluding steroid dienone is 1. The Hall–Kier alpha value is -2.23. The van der Waals surface area contributed by atoms with Crippen LogP contribution in [0.15, 0.2) is 42.0 Å². The fraction of sp³-hybridized carbons (Fsp3) is 0.250. The van der Waals surface area contributed by atoms with Gasteiger partial charge in [-0.3, -0.25) is 0 Å². The summed E-state index contributed by atoms with van der Waals surface area (Å²) >= 11 is 0.176. The Bertz CT molecular complexity index is 771. The fourth-order valence-corrected chi connectivity index (χ4v) is 3.81. The van der Waals surface area contributed by atoms with Crippen LogP contribution in [0.3, 0.4) is 0 Å². The van der Waals surface area contributed by atoms with E-state index in [1.807, 2.05) is 43.3 Å². The van der Waals surface area contributed by atoms with Gasteiger partial charge in [0.05, 0.1) is 0 Å². The average molecular weight is 405 g/mol. The summed E-state index contributed by atoms with van der Waals surface area (Å²) in [6, 6.07) is 11.2. The van der Waals surface area contributed by atoms with Crippen LogP contribution in [-0.2, 0) is 0 Å². The second-order valence-corrected chi connectivity index (χ2v) is 7.09. The summed E-state index contributed by atoms with van der Waals surface area (Å²) in [5.74, 6) is 4.05. The van der Waals surface area contributed by atoms with E-state index in [1.54, 1.807) is 27.4 Å². The summed E-state index contributed by atoms with van der Waals surface area (Å²) in [6.07, 6.45) is 1.84. The summed E-state index contributed by atoms with van der Waals surface area (Å²) in [7, 11) is 4.81. The first kappa shape index (κ1) is 19.1. The van der Waals surface area contributed by atoms with Gasteiger partial charge in [0.25, 0.3) is 0 Å². The number of hydrogen-bond donors (Lipinski definition) is 0. The van der Waals surface area contributed by atoms with Crippen LogP contribution in [0.2, 0.25) is 5.82 Å². The summed E-state index contributed by atoms with van der Waals surface area (Å²) < 4.78 is 17.2. The number of hydrogen-bond acceptors (Lipinski definition) is 4. The zero-order valence-corrected chi connectivity index (χ0v) is 16.8. The zero-order chi connectivity index (χ0) is 18.4. The maximum absolute atomic E-state index is 12.9. The molecule has 0 bridgehead atoms. The number of carbonyl (C=O) groups is 1. The van der Waals surface area contributed by atoms with Crippen molar-refractivity contribution in [3.8, 4) is 17.2 Å². The second kappa shape index (κ2) is 8.75. The van der Waals surface area contributed by atoms with Crippen LogP contribution >= 0.6 is 0 Å². The van der Waals surface area contributed by atoms with Gasteiger partial charge in [0.1, 0.15) is 0 Å². The Kier molecular flexibility index (Phi) is 6.68. The van der Waals surface area contributed by atoms with Crippen molar-refractivity contribution < 1.29 is 19.0 Å². The molecular formula is C20H22O4Se. The predicted molar refractivity (Wildman–Crippen MR) is 102 cm³/mol. The van der Waals surface area contributed by atoms with Gasteiger partial charge in [-0.25, -0.2) is 0 Å². The first-order valence-electron chi connectivity index (χ1n) is 7.71. The van der Waals surface area contributed by atoms with Crippen LogP contribution in [0.25, 0.3) is 6.08 Å². The number of carbonyl (C=O) groups excluding carboxylic acids is 1. The molecule has 0 radical (unpaired) electrons. The predicted octanol–water partition coefficient (Wildman–Crippen LogP) is 3.38. The third-order valence-corrected chi connectivity index (χ3v) is 5.36. The summed E-state index contributed by atoms with van der Waals surface area (Å²) in [5, 5.41) is 0. The third kappa shape index (κ3) is 4.24. The van der Waals surface area contributed by atoms with Gasteiger partial charge in [0.2, 0.25) is 0 Å². The van der Waals surface area contributed by atoms with Crippen molar-refractivity contribution in [2.45, 2.75) is 12.7 Å². The Morgan fingerprint density at radius 1 is 1.00 bits per heavy atom. The van der Waals surface area contributed by atoms with Gasteiger partial charge in [-0.1, -0.05) is 0 Å². The maximum atomic E-state index is 12.9. The van der Waals surface area contributed by atoms with E-state index in [-0.39, 0.29) is 20.7 Å². The fourth-order valence-electron chi connectivity index (χ4n) is 2.52. The van der Waals surface area contributed by atoms with Crippen molar-refractivity contribution in [2.24, 2.45) is 0 Å². The molecule has 2 rings (SSSR count). The molecule has 0 heterocycles. The van der Waals surface area contributed by atoms with Crippen molar-refractivity contribution in [1.29, 1.82) is 0 Å². The van der Waals surface area contributed by atoms with Gasteiger partial charge < -0.3 is 0 Å². The molecule has 2 aromatic rings. The average Bonchev–Trinajstić information content (AvgIpc) is 2.66. The molecule has 0 fully saturated rings. The zero-order valence-electron chi connectivity index (χ0n) is 15.1. The second-order valence-electron chi connectivity index (χ2n) is 5.31. The molecule has 4 nitrogen and oxygen atoms in total. The SMILES string of the molecule is COc1ccccc1/C=C(\C)C(=O)c1cc(OC)c(OC)c([Se]C)c1. The van der Waals surface area contributed by atoms with Crippen LogP contribution < -0.4 is 18.7 Å².